The van der Waals surface area contributed by atoms with Crippen LogP contribution in [0.4, 0.5) is 0 Å². The summed E-state index contributed by atoms with van der Waals surface area (Å²) in [5.74, 6) is 0. The third kappa shape index (κ3) is 1.76. The molecule has 0 unspecified atom stereocenters. The first-order chi connectivity index (χ1) is 6.68. The number of nitrogens with zero attached hydrogens (tertiary/aromatic N) is 1. The fraction of sp³-hybridized carbons (Fsp3) is 0.500. The normalized spacial score (nSPS) is 21.4. The molecule has 2 heterocycles. The highest BCUT2D eigenvalue weighted by molar-refractivity contribution is 14.1. The molecule has 1 aliphatic rings. The molecule has 0 spiro atoms. The summed E-state index contributed by atoms with van der Waals surface area (Å²) in [4.78, 5) is 24.7. The molecule has 0 radical (unpaired) electrons. The molecule has 0 amide bonds. The second-order valence-corrected chi connectivity index (χ2v) is 4.27. The molecule has 1 aromatic heterocycles. The van der Waals surface area contributed by atoms with Gasteiger partial charge in [0.15, 0.2) is 0 Å². The number of hydrogen-bond donors (Lipinski definition) is 1. The second kappa shape index (κ2) is 3.85. The molecular formula is C8H9IN2O3. The molecule has 1 atom stereocenters. The van der Waals surface area contributed by atoms with E-state index >= 15 is 0 Å². The lowest BCUT2D eigenvalue weighted by molar-refractivity contribution is 0.0524. The van der Waals surface area contributed by atoms with E-state index in [-0.39, 0.29) is 11.8 Å². The van der Waals surface area contributed by atoms with E-state index in [1.165, 1.54) is 10.8 Å². The Kier molecular flexibility index (Phi) is 2.73. The Labute approximate surface area is 93.2 Å². The average Bonchev–Trinajstić information content (AvgIpc) is 2.64. The minimum Gasteiger partial charge on any atom is -0.358 e. The van der Waals surface area contributed by atoms with Gasteiger partial charge in [0.05, 0.1) is 3.57 Å². The number of ether oxygens (including phenoxy) is 1. The predicted octanol–water partition coefficient (Wildman–Crippen LogP) is 0.450. The zero-order valence-electron chi connectivity index (χ0n) is 7.33. The Morgan fingerprint density at radius 1 is 1.57 bits per heavy atom. The first kappa shape index (κ1) is 9.91. The van der Waals surface area contributed by atoms with Crippen molar-refractivity contribution in [1.82, 2.24) is 9.55 Å². The Bertz CT molecular complexity index is 445. The van der Waals surface area contributed by atoms with Gasteiger partial charge < -0.3 is 4.74 Å². The molecule has 0 aromatic carbocycles. The van der Waals surface area contributed by atoms with E-state index in [9.17, 15) is 9.59 Å². The van der Waals surface area contributed by atoms with E-state index in [0.717, 1.165) is 12.8 Å². The van der Waals surface area contributed by atoms with Gasteiger partial charge in [-0.15, -0.1) is 0 Å². The second-order valence-electron chi connectivity index (χ2n) is 3.11. The Morgan fingerprint density at radius 3 is 3.00 bits per heavy atom. The number of rotatable bonds is 1. The van der Waals surface area contributed by atoms with Crippen LogP contribution in [0.15, 0.2) is 15.8 Å². The highest BCUT2D eigenvalue weighted by Gasteiger charge is 2.19. The van der Waals surface area contributed by atoms with Gasteiger partial charge in [0.25, 0.3) is 5.56 Å². The van der Waals surface area contributed by atoms with Crippen molar-refractivity contribution in [3.8, 4) is 0 Å². The molecule has 6 heteroatoms. The number of hydrogen-bond acceptors (Lipinski definition) is 3. The molecule has 0 saturated carbocycles. The van der Waals surface area contributed by atoms with Crippen LogP contribution in [0.2, 0.25) is 0 Å². The molecule has 1 fully saturated rings. The van der Waals surface area contributed by atoms with E-state index in [0.29, 0.717) is 10.2 Å². The van der Waals surface area contributed by atoms with Crippen molar-refractivity contribution in [2.45, 2.75) is 19.1 Å². The van der Waals surface area contributed by atoms with Crippen LogP contribution in [0.5, 0.6) is 0 Å². The molecule has 1 saturated heterocycles. The Morgan fingerprint density at radius 2 is 2.36 bits per heavy atom. The van der Waals surface area contributed by atoms with E-state index < -0.39 is 5.69 Å². The van der Waals surface area contributed by atoms with Gasteiger partial charge in [-0.25, -0.2) is 4.79 Å². The number of aromatic amines is 1. The third-order valence-electron chi connectivity index (χ3n) is 2.14. The van der Waals surface area contributed by atoms with Gasteiger partial charge in [-0.1, -0.05) is 0 Å². The molecule has 14 heavy (non-hydrogen) atoms. The summed E-state index contributed by atoms with van der Waals surface area (Å²) in [5, 5.41) is 0. The highest BCUT2D eigenvalue weighted by Crippen LogP contribution is 2.20. The quantitative estimate of drug-likeness (QED) is 0.766. The van der Waals surface area contributed by atoms with Gasteiger partial charge in [0.1, 0.15) is 6.23 Å². The monoisotopic (exact) mass is 308 g/mol. The summed E-state index contributed by atoms with van der Waals surface area (Å²) in [6.45, 7) is 0.673. The van der Waals surface area contributed by atoms with Gasteiger partial charge in [-0.05, 0) is 35.4 Å². The summed E-state index contributed by atoms with van der Waals surface area (Å²) in [7, 11) is 0. The largest absolute Gasteiger partial charge is 0.358 e. The minimum atomic E-state index is -0.401. The molecule has 1 aromatic rings. The van der Waals surface area contributed by atoms with Crippen LogP contribution in [-0.4, -0.2) is 16.2 Å². The number of halogens is 1. The van der Waals surface area contributed by atoms with E-state index in [1.54, 1.807) is 0 Å². The summed E-state index contributed by atoms with van der Waals surface area (Å²) in [5.41, 5.74) is -0.743. The Hall–Kier alpha value is -0.630. The summed E-state index contributed by atoms with van der Waals surface area (Å²) in [6, 6.07) is 0. The smallest absolute Gasteiger partial charge is 0.330 e. The molecule has 2 rings (SSSR count). The highest BCUT2D eigenvalue weighted by atomic mass is 127. The Balaban J connectivity index is 2.47. The van der Waals surface area contributed by atoms with Crippen LogP contribution in [0.3, 0.4) is 0 Å². The van der Waals surface area contributed by atoms with Crippen LogP contribution >= 0.6 is 22.6 Å². The zero-order chi connectivity index (χ0) is 10.1. The van der Waals surface area contributed by atoms with E-state index in [1.807, 2.05) is 22.6 Å². The standard InChI is InChI=1S/C8H9IN2O3/c9-5-4-11(6-2-1-3-14-6)8(13)10-7(5)12/h4,6H,1-3H2,(H,10,12,13)/t6-/m1/s1. The maximum absolute atomic E-state index is 11.4. The number of nitrogens with one attached hydrogen (secondary N) is 1. The fourth-order valence-corrected chi connectivity index (χ4v) is 1.89. The van der Waals surface area contributed by atoms with E-state index in [4.69, 9.17) is 4.74 Å². The maximum atomic E-state index is 11.4. The molecule has 5 nitrogen and oxygen atoms in total. The van der Waals surface area contributed by atoms with Crippen molar-refractivity contribution in [3.63, 3.8) is 0 Å². The molecule has 76 valence electrons. The number of H-pyrrole nitrogens is 1. The van der Waals surface area contributed by atoms with Crippen LogP contribution in [-0.2, 0) is 4.74 Å². The minimum absolute atomic E-state index is 0.215. The lowest BCUT2D eigenvalue weighted by atomic mass is 10.3. The van der Waals surface area contributed by atoms with E-state index in [2.05, 4.69) is 4.98 Å². The van der Waals surface area contributed by atoms with Gasteiger partial charge in [-0.3, -0.25) is 14.3 Å². The van der Waals surface area contributed by atoms with Crippen LogP contribution < -0.4 is 11.2 Å². The van der Waals surface area contributed by atoms with Gasteiger partial charge in [0.2, 0.25) is 0 Å². The molecule has 0 bridgehead atoms. The first-order valence-electron chi connectivity index (χ1n) is 4.31. The lowest BCUT2D eigenvalue weighted by Gasteiger charge is -2.12. The molecule has 1 aliphatic heterocycles. The first-order valence-corrected chi connectivity index (χ1v) is 5.39. The predicted molar refractivity (Wildman–Crippen MR) is 58.3 cm³/mol. The topological polar surface area (TPSA) is 64.1 Å². The van der Waals surface area contributed by atoms with Crippen molar-refractivity contribution < 1.29 is 4.74 Å². The van der Waals surface area contributed by atoms with Crippen LogP contribution in [0, 0.1) is 3.57 Å². The third-order valence-corrected chi connectivity index (χ3v) is 2.91. The summed E-state index contributed by atoms with van der Waals surface area (Å²) in [6.07, 6.45) is 3.10. The fourth-order valence-electron chi connectivity index (χ4n) is 1.45. The zero-order valence-corrected chi connectivity index (χ0v) is 9.48. The van der Waals surface area contributed by atoms with Gasteiger partial charge >= 0.3 is 5.69 Å². The summed E-state index contributed by atoms with van der Waals surface area (Å²) < 4.78 is 7.29. The van der Waals surface area contributed by atoms with Gasteiger partial charge in [0, 0.05) is 12.8 Å². The van der Waals surface area contributed by atoms with Crippen molar-refractivity contribution in [2.24, 2.45) is 0 Å². The van der Waals surface area contributed by atoms with Crippen LogP contribution in [0.25, 0.3) is 0 Å². The summed E-state index contributed by atoms with van der Waals surface area (Å²) >= 11 is 1.89. The molecule has 0 aliphatic carbocycles. The van der Waals surface area contributed by atoms with Crippen LogP contribution in [0.1, 0.15) is 19.1 Å². The van der Waals surface area contributed by atoms with Crippen molar-refractivity contribution in [2.75, 3.05) is 6.61 Å². The van der Waals surface area contributed by atoms with Crippen molar-refractivity contribution in [3.05, 3.63) is 30.6 Å². The maximum Gasteiger partial charge on any atom is 0.330 e. The van der Waals surface area contributed by atoms with Gasteiger partial charge in [-0.2, -0.15) is 0 Å². The van der Waals surface area contributed by atoms with Crippen molar-refractivity contribution >= 4 is 22.6 Å². The van der Waals surface area contributed by atoms with Crippen molar-refractivity contribution in [1.29, 1.82) is 0 Å². The SMILES string of the molecule is O=c1[nH]c(=O)n([C@H]2CCCO2)cc1I. The lowest BCUT2D eigenvalue weighted by Crippen LogP contribution is -2.33. The average molecular weight is 308 g/mol. The molecular weight excluding hydrogens is 299 g/mol. The number of aromatic nitrogens is 2. The molecule has 1 N–H and O–H groups in total.